The second kappa shape index (κ2) is 11.6. The number of carbonyl (C=O) groups is 1. The molecular weight excluding hydrogens is 600 g/mol. The Morgan fingerprint density at radius 3 is 2.71 bits per heavy atom. The molecule has 0 saturated carbocycles. The van der Waals surface area contributed by atoms with Crippen LogP contribution in [0.2, 0.25) is 5.02 Å². The molecule has 38 heavy (non-hydrogen) atoms. The lowest BCUT2D eigenvalue weighted by atomic mass is 10.1. The maximum atomic E-state index is 14.2. The molecule has 200 valence electrons. The molecule has 1 aliphatic rings. The van der Waals surface area contributed by atoms with Crippen molar-refractivity contribution >= 4 is 50.9 Å². The Bertz CT molecular complexity index is 1390. The smallest absolute Gasteiger partial charge is 0.416 e. The number of rotatable bonds is 6. The van der Waals surface area contributed by atoms with Crippen molar-refractivity contribution in [3.05, 3.63) is 68.5 Å². The lowest BCUT2D eigenvalue weighted by molar-refractivity contribution is -0.137. The van der Waals surface area contributed by atoms with Crippen molar-refractivity contribution in [3.8, 4) is 5.75 Å². The van der Waals surface area contributed by atoms with E-state index < -0.39 is 29.2 Å². The Kier molecular flexibility index (Phi) is 8.43. The number of anilines is 2. The zero-order valence-corrected chi connectivity index (χ0v) is 21.6. The predicted octanol–water partition coefficient (Wildman–Crippen LogP) is 6.13. The molecular formula is C23H18BrClF4N6O3. The van der Waals surface area contributed by atoms with E-state index in [1.54, 1.807) is 4.90 Å². The van der Waals surface area contributed by atoms with Gasteiger partial charge in [-0.3, -0.25) is 4.79 Å². The third-order valence-corrected chi connectivity index (χ3v) is 6.36. The Morgan fingerprint density at radius 2 is 2.00 bits per heavy atom. The number of aromatic hydroxyl groups is 1. The first-order chi connectivity index (χ1) is 18.0. The standard InChI is InChI=1S/C23H18BrClF4N6O3/c24-15-8-12(10-31-34-22-30-11-16(26)20(33-22)35-4-6-38-7-5-35)19(36)18(25)17(15)21(37)32-14-3-1-2-13(9-14)23(27,28)29/h1-3,8-9,11,36H,4-7,10H2,(H,32,37). The van der Waals surface area contributed by atoms with Gasteiger partial charge in [-0.25, -0.2) is 9.37 Å². The average molecular weight is 618 g/mol. The van der Waals surface area contributed by atoms with E-state index in [1.165, 1.54) is 12.1 Å². The summed E-state index contributed by atoms with van der Waals surface area (Å²) in [4.78, 5) is 22.3. The van der Waals surface area contributed by atoms with Crippen LogP contribution >= 0.6 is 27.5 Å². The Hall–Kier alpha value is -3.36. The Balaban J connectivity index is 1.50. The zero-order chi connectivity index (χ0) is 27.4. The maximum Gasteiger partial charge on any atom is 0.416 e. The molecule has 4 rings (SSSR count). The van der Waals surface area contributed by atoms with Gasteiger partial charge in [0.1, 0.15) is 5.75 Å². The number of nitrogens with zero attached hydrogens (tertiary/aromatic N) is 5. The molecule has 9 nitrogen and oxygen atoms in total. The number of aromatic nitrogens is 2. The van der Waals surface area contributed by atoms with E-state index in [4.69, 9.17) is 16.3 Å². The first kappa shape index (κ1) is 27.7. The summed E-state index contributed by atoms with van der Waals surface area (Å²) in [6.07, 6.45) is -3.61. The molecule has 1 fully saturated rings. The normalized spacial score (nSPS) is 14.2. The number of ether oxygens (including phenoxy) is 1. The number of benzene rings is 2. The average Bonchev–Trinajstić information content (AvgIpc) is 2.88. The number of hydrogen-bond acceptors (Lipinski definition) is 8. The van der Waals surface area contributed by atoms with E-state index in [1.807, 2.05) is 0 Å². The summed E-state index contributed by atoms with van der Waals surface area (Å²) in [5.41, 5.74) is -1.07. The lowest BCUT2D eigenvalue weighted by Gasteiger charge is -2.27. The number of halogens is 6. The van der Waals surface area contributed by atoms with E-state index in [2.05, 4.69) is 41.4 Å². The summed E-state index contributed by atoms with van der Waals surface area (Å²) in [6, 6.07) is 5.44. The predicted molar refractivity (Wildman–Crippen MR) is 133 cm³/mol. The van der Waals surface area contributed by atoms with Gasteiger partial charge in [0.15, 0.2) is 11.6 Å². The summed E-state index contributed by atoms with van der Waals surface area (Å²) in [7, 11) is 0. The minimum Gasteiger partial charge on any atom is -0.506 e. The van der Waals surface area contributed by atoms with Crippen LogP contribution < -0.4 is 10.2 Å². The number of hydrogen-bond donors (Lipinski definition) is 2. The van der Waals surface area contributed by atoms with Crippen LogP contribution in [0.25, 0.3) is 0 Å². The van der Waals surface area contributed by atoms with E-state index in [0.717, 1.165) is 24.4 Å². The monoisotopic (exact) mass is 616 g/mol. The first-order valence-electron chi connectivity index (χ1n) is 11.0. The van der Waals surface area contributed by atoms with Gasteiger partial charge in [-0.05, 0) is 40.2 Å². The van der Waals surface area contributed by atoms with Gasteiger partial charge in [-0.2, -0.15) is 23.3 Å². The molecule has 1 saturated heterocycles. The third kappa shape index (κ3) is 6.37. The largest absolute Gasteiger partial charge is 0.506 e. The van der Waals surface area contributed by atoms with Crippen LogP contribution in [-0.4, -0.2) is 47.3 Å². The summed E-state index contributed by atoms with van der Waals surface area (Å²) >= 11 is 9.41. The molecule has 0 atom stereocenters. The lowest BCUT2D eigenvalue weighted by Crippen LogP contribution is -2.37. The SMILES string of the molecule is O=C(Nc1cccc(C(F)(F)F)c1)c1c(Br)cc(CN=Nc2ncc(F)c(N3CCOCC3)n2)c(O)c1Cl. The number of amides is 1. The second-order valence-corrected chi connectivity index (χ2v) is 9.16. The number of phenolic OH excluding ortho intramolecular Hbond substituents is 1. The van der Waals surface area contributed by atoms with Crippen molar-refractivity contribution in [2.45, 2.75) is 12.7 Å². The van der Waals surface area contributed by atoms with Crippen LogP contribution in [0.15, 0.2) is 51.2 Å². The van der Waals surface area contributed by atoms with Gasteiger partial charge >= 0.3 is 6.18 Å². The maximum absolute atomic E-state index is 14.2. The van der Waals surface area contributed by atoms with E-state index >= 15 is 0 Å². The van der Waals surface area contributed by atoms with Crippen molar-refractivity contribution in [1.82, 2.24) is 9.97 Å². The molecule has 2 aromatic carbocycles. The summed E-state index contributed by atoms with van der Waals surface area (Å²) in [6.45, 7) is 1.58. The van der Waals surface area contributed by atoms with Crippen LogP contribution in [-0.2, 0) is 17.5 Å². The molecule has 2 heterocycles. The second-order valence-electron chi connectivity index (χ2n) is 7.93. The van der Waals surface area contributed by atoms with Gasteiger partial charge in [0, 0.05) is 28.8 Å². The van der Waals surface area contributed by atoms with Crippen molar-refractivity contribution < 1.29 is 32.2 Å². The number of carbonyl (C=O) groups excluding carboxylic acids is 1. The molecule has 0 spiro atoms. The van der Waals surface area contributed by atoms with Crippen molar-refractivity contribution in [2.75, 3.05) is 36.5 Å². The highest BCUT2D eigenvalue weighted by molar-refractivity contribution is 9.10. The fourth-order valence-corrected chi connectivity index (χ4v) is 4.60. The van der Waals surface area contributed by atoms with E-state index in [9.17, 15) is 27.5 Å². The molecule has 1 aromatic heterocycles. The minimum atomic E-state index is -4.59. The van der Waals surface area contributed by atoms with E-state index in [0.29, 0.717) is 26.3 Å². The summed E-state index contributed by atoms with van der Waals surface area (Å²) in [5.74, 6) is -1.97. The summed E-state index contributed by atoms with van der Waals surface area (Å²) < 4.78 is 58.5. The van der Waals surface area contributed by atoms with Crippen LogP contribution in [0.3, 0.4) is 0 Å². The van der Waals surface area contributed by atoms with Crippen molar-refractivity contribution in [3.63, 3.8) is 0 Å². The van der Waals surface area contributed by atoms with Gasteiger partial charge in [0.2, 0.25) is 0 Å². The molecule has 1 amide bonds. The number of alkyl halides is 3. The molecule has 0 radical (unpaired) electrons. The van der Waals surface area contributed by atoms with Gasteiger partial charge in [0.25, 0.3) is 11.9 Å². The highest BCUT2D eigenvalue weighted by atomic mass is 79.9. The van der Waals surface area contributed by atoms with Crippen LogP contribution in [0.5, 0.6) is 5.75 Å². The Morgan fingerprint density at radius 1 is 1.26 bits per heavy atom. The van der Waals surface area contributed by atoms with Crippen LogP contribution in [0.4, 0.5) is 35.0 Å². The highest BCUT2D eigenvalue weighted by Crippen LogP contribution is 2.38. The quantitative estimate of drug-likeness (QED) is 0.254. The van der Waals surface area contributed by atoms with Crippen molar-refractivity contribution in [2.24, 2.45) is 10.2 Å². The van der Waals surface area contributed by atoms with Crippen molar-refractivity contribution in [1.29, 1.82) is 0 Å². The molecule has 1 aliphatic heterocycles. The molecule has 3 aromatic rings. The van der Waals surface area contributed by atoms with Gasteiger partial charge in [-0.1, -0.05) is 17.7 Å². The minimum absolute atomic E-state index is 0.0713. The molecule has 0 aliphatic carbocycles. The highest BCUT2D eigenvalue weighted by Gasteiger charge is 2.30. The zero-order valence-electron chi connectivity index (χ0n) is 19.3. The summed E-state index contributed by atoms with van der Waals surface area (Å²) in [5, 5.41) is 20.3. The molecule has 0 bridgehead atoms. The van der Waals surface area contributed by atoms with Crippen LogP contribution in [0, 0.1) is 5.82 Å². The first-order valence-corrected chi connectivity index (χ1v) is 12.1. The van der Waals surface area contributed by atoms with Gasteiger partial charge in [0.05, 0.1) is 42.1 Å². The van der Waals surface area contributed by atoms with E-state index in [-0.39, 0.29) is 44.6 Å². The fraction of sp³-hybridized carbons (Fsp3) is 0.261. The third-order valence-electron chi connectivity index (χ3n) is 5.37. The van der Waals surface area contributed by atoms with Gasteiger partial charge in [-0.15, -0.1) is 5.11 Å². The number of nitrogens with one attached hydrogen (secondary N) is 1. The number of phenols is 1. The Labute approximate surface area is 226 Å². The molecule has 0 unspecified atom stereocenters. The number of morpholine rings is 1. The molecule has 15 heteroatoms. The van der Waals surface area contributed by atoms with Crippen LogP contribution in [0.1, 0.15) is 21.5 Å². The molecule has 2 N–H and O–H groups in total. The fourth-order valence-electron chi connectivity index (χ4n) is 3.52. The topological polar surface area (TPSA) is 112 Å². The number of azo groups is 1. The van der Waals surface area contributed by atoms with Gasteiger partial charge < -0.3 is 20.1 Å².